The predicted octanol–water partition coefficient (Wildman–Crippen LogP) is 3.00. The SMILES string of the molecule is N#C[C@@H](C(=O)/C=C\c1ccc(F)cc1)C(=O)NC1CCCCC1. The minimum absolute atomic E-state index is 0.0565. The van der Waals surface area contributed by atoms with Gasteiger partial charge in [-0.1, -0.05) is 37.5 Å². The lowest BCUT2D eigenvalue weighted by Crippen LogP contribution is -2.41. The van der Waals surface area contributed by atoms with E-state index in [2.05, 4.69) is 5.32 Å². The normalized spacial score (nSPS) is 16.7. The Balaban J connectivity index is 1.95. The number of carbonyl (C=O) groups is 2. The van der Waals surface area contributed by atoms with Crippen LogP contribution in [0.15, 0.2) is 30.3 Å². The van der Waals surface area contributed by atoms with Crippen molar-refractivity contribution in [1.29, 1.82) is 5.26 Å². The number of allylic oxidation sites excluding steroid dienone is 1. The summed E-state index contributed by atoms with van der Waals surface area (Å²) >= 11 is 0. The van der Waals surface area contributed by atoms with Crippen LogP contribution in [0.2, 0.25) is 0 Å². The highest BCUT2D eigenvalue weighted by Crippen LogP contribution is 2.18. The standard InChI is InChI=1S/C18H19FN2O2/c19-14-9-6-13(7-10-14)8-11-17(22)16(12-20)18(23)21-15-4-2-1-3-5-15/h6-11,15-16H,1-5H2,(H,21,23)/b11-8-/t16-/m0/s1. The average molecular weight is 314 g/mol. The van der Waals surface area contributed by atoms with E-state index in [1.54, 1.807) is 6.07 Å². The van der Waals surface area contributed by atoms with E-state index < -0.39 is 17.6 Å². The van der Waals surface area contributed by atoms with E-state index in [1.807, 2.05) is 0 Å². The molecule has 2 rings (SSSR count). The molecule has 1 aromatic carbocycles. The molecular weight excluding hydrogens is 295 g/mol. The summed E-state index contributed by atoms with van der Waals surface area (Å²) in [5, 5.41) is 11.9. The minimum atomic E-state index is -1.34. The number of hydrogen-bond acceptors (Lipinski definition) is 3. The van der Waals surface area contributed by atoms with Gasteiger partial charge in [0, 0.05) is 6.04 Å². The fourth-order valence-electron chi connectivity index (χ4n) is 2.63. The van der Waals surface area contributed by atoms with Crippen LogP contribution in [0.25, 0.3) is 6.08 Å². The van der Waals surface area contributed by atoms with Crippen LogP contribution >= 0.6 is 0 Å². The van der Waals surface area contributed by atoms with E-state index in [1.165, 1.54) is 36.4 Å². The fraction of sp³-hybridized carbons (Fsp3) is 0.389. The Morgan fingerprint density at radius 1 is 1.22 bits per heavy atom. The van der Waals surface area contributed by atoms with E-state index in [-0.39, 0.29) is 11.9 Å². The van der Waals surface area contributed by atoms with Crippen LogP contribution in [0, 0.1) is 23.1 Å². The van der Waals surface area contributed by atoms with Gasteiger partial charge in [-0.15, -0.1) is 0 Å². The zero-order valence-corrected chi connectivity index (χ0v) is 12.8. The molecule has 23 heavy (non-hydrogen) atoms. The first-order valence-electron chi connectivity index (χ1n) is 7.77. The third-order valence-electron chi connectivity index (χ3n) is 3.94. The van der Waals surface area contributed by atoms with E-state index >= 15 is 0 Å². The first-order chi connectivity index (χ1) is 11.1. The number of rotatable bonds is 5. The van der Waals surface area contributed by atoms with E-state index in [4.69, 9.17) is 5.26 Å². The summed E-state index contributed by atoms with van der Waals surface area (Å²) in [6.07, 6.45) is 7.73. The summed E-state index contributed by atoms with van der Waals surface area (Å²) in [6, 6.07) is 7.41. The number of ketones is 1. The first kappa shape index (κ1) is 16.9. The van der Waals surface area contributed by atoms with Crippen molar-refractivity contribution in [2.24, 2.45) is 5.92 Å². The summed E-state index contributed by atoms with van der Waals surface area (Å²) in [4.78, 5) is 24.2. The number of benzene rings is 1. The fourth-order valence-corrected chi connectivity index (χ4v) is 2.63. The van der Waals surface area contributed by atoms with Gasteiger partial charge >= 0.3 is 0 Å². The Bertz CT molecular complexity index is 625. The molecule has 5 heteroatoms. The molecule has 1 saturated carbocycles. The van der Waals surface area contributed by atoms with Gasteiger partial charge in [-0.05, 0) is 36.6 Å². The first-order valence-corrected chi connectivity index (χ1v) is 7.77. The quantitative estimate of drug-likeness (QED) is 0.671. The second-order valence-corrected chi connectivity index (χ2v) is 5.69. The van der Waals surface area contributed by atoms with Crippen LogP contribution in [-0.4, -0.2) is 17.7 Å². The van der Waals surface area contributed by atoms with Gasteiger partial charge in [0.1, 0.15) is 5.82 Å². The molecule has 120 valence electrons. The molecule has 0 aliphatic heterocycles. The third-order valence-corrected chi connectivity index (χ3v) is 3.94. The van der Waals surface area contributed by atoms with Crippen molar-refractivity contribution < 1.29 is 14.0 Å². The smallest absolute Gasteiger partial charge is 0.245 e. The Labute approximate surface area is 135 Å². The number of nitrogens with zero attached hydrogens (tertiary/aromatic N) is 1. The second-order valence-electron chi connectivity index (χ2n) is 5.69. The van der Waals surface area contributed by atoms with Crippen molar-refractivity contribution in [2.45, 2.75) is 38.1 Å². The third kappa shape index (κ3) is 5.03. The Hall–Kier alpha value is -2.48. The minimum Gasteiger partial charge on any atom is -0.352 e. The molecule has 0 heterocycles. The molecular formula is C18H19FN2O2. The highest BCUT2D eigenvalue weighted by atomic mass is 19.1. The molecule has 1 N–H and O–H groups in total. The van der Waals surface area contributed by atoms with Gasteiger partial charge in [0.25, 0.3) is 0 Å². The number of hydrogen-bond donors (Lipinski definition) is 1. The molecule has 0 saturated heterocycles. The van der Waals surface area contributed by atoms with Crippen LogP contribution in [0.4, 0.5) is 4.39 Å². The maximum absolute atomic E-state index is 12.8. The summed E-state index contributed by atoms with van der Waals surface area (Å²) in [5.41, 5.74) is 0.629. The van der Waals surface area contributed by atoms with E-state index in [0.717, 1.165) is 32.1 Å². The topological polar surface area (TPSA) is 70.0 Å². The second kappa shape index (κ2) is 8.23. The molecule has 0 aromatic heterocycles. The largest absolute Gasteiger partial charge is 0.352 e. The summed E-state index contributed by atoms with van der Waals surface area (Å²) in [6.45, 7) is 0. The van der Waals surface area contributed by atoms with Gasteiger partial charge in [-0.25, -0.2) is 4.39 Å². The van der Waals surface area contributed by atoms with Gasteiger partial charge in [-0.3, -0.25) is 9.59 Å². The summed E-state index contributed by atoms with van der Waals surface area (Å²) < 4.78 is 12.8. The van der Waals surface area contributed by atoms with Crippen molar-refractivity contribution in [3.63, 3.8) is 0 Å². The number of amides is 1. The zero-order chi connectivity index (χ0) is 16.7. The summed E-state index contributed by atoms with van der Waals surface area (Å²) in [5.74, 6) is -2.80. The van der Waals surface area contributed by atoms with Crippen LogP contribution in [0.1, 0.15) is 37.7 Å². The van der Waals surface area contributed by atoms with Gasteiger partial charge in [0.15, 0.2) is 11.7 Å². The molecule has 0 unspecified atom stereocenters. The zero-order valence-electron chi connectivity index (χ0n) is 12.8. The summed E-state index contributed by atoms with van der Waals surface area (Å²) in [7, 11) is 0. The molecule has 1 fully saturated rings. The van der Waals surface area contributed by atoms with Crippen molar-refractivity contribution >= 4 is 17.8 Å². The number of carbonyl (C=O) groups excluding carboxylic acids is 2. The van der Waals surface area contributed by atoms with Crippen molar-refractivity contribution in [3.05, 3.63) is 41.7 Å². The van der Waals surface area contributed by atoms with Crippen LogP contribution < -0.4 is 5.32 Å². The van der Waals surface area contributed by atoms with E-state index in [9.17, 15) is 14.0 Å². The highest BCUT2D eigenvalue weighted by molar-refractivity contribution is 6.10. The predicted molar refractivity (Wildman–Crippen MR) is 84.6 cm³/mol. The lowest BCUT2D eigenvalue weighted by molar-refractivity contribution is -0.130. The molecule has 1 amide bonds. The Morgan fingerprint density at radius 3 is 2.48 bits per heavy atom. The molecule has 1 atom stereocenters. The lowest BCUT2D eigenvalue weighted by Gasteiger charge is -2.23. The Kier molecular flexibility index (Phi) is 6.04. The van der Waals surface area contributed by atoms with Gasteiger partial charge in [0.2, 0.25) is 5.91 Å². The van der Waals surface area contributed by atoms with Crippen LogP contribution in [0.5, 0.6) is 0 Å². The molecule has 0 radical (unpaired) electrons. The number of nitriles is 1. The van der Waals surface area contributed by atoms with Gasteiger partial charge in [-0.2, -0.15) is 5.26 Å². The monoisotopic (exact) mass is 314 g/mol. The van der Waals surface area contributed by atoms with Crippen LogP contribution in [-0.2, 0) is 9.59 Å². The Morgan fingerprint density at radius 2 is 1.87 bits per heavy atom. The molecule has 0 spiro atoms. The lowest BCUT2D eigenvalue weighted by atomic mass is 9.94. The van der Waals surface area contributed by atoms with Crippen molar-refractivity contribution in [1.82, 2.24) is 5.32 Å². The maximum Gasteiger partial charge on any atom is 0.245 e. The van der Waals surface area contributed by atoms with Gasteiger partial charge in [0.05, 0.1) is 6.07 Å². The number of halogens is 1. The molecule has 4 nitrogen and oxygen atoms in total. The van der Waals surface area contributed by atoms with Crippen LogP contribution in [0.3, 0.4) is 0 Å². The van der Waals surface area contributed by atoms with Crippen molar-refractivity contribution in [2.75, 3.05) is 0 Å². The molecule has 0 bridgehead atoms. The number of nitrogens with one attached hydrogen (secondary N) is 1. The molecule has 1 aliphatic rings. The highest BCUT2D eigenvalue weighted by Gasteiger charge is 2.27. The van der Waals surface area contributed by atoms with E-state index in [0.29, 0.717) is 5.56 Å². The average Bonchev–Trinajstić information content (AvgIpc) is 2.56. The van der Waals surface area contributed by atoms with Crippen molar-refractivity contribution in [3.8, 4) is 6.07 Å². The maximum atomic E-state index is 12.8. The van der Waals surface area contributed by atoms with Gasteiger partial charge < -0.3 is 5.32 Å². The molecule has 1 aromatic rings. The molecule has 1 aliphatic carbocycles.